The SMILES string of the molecule is CCCCNC(=O)[C@@H](C)N(Cc1cccc(OC)c1)C(=O)CCCN(c1cccc(C)c1C)S(C)(=O)=O. The number of nitrogens with zero attached hydrogens (tertiary/aromatic N) is 2. The van der Waals surface area contributed by atoms with Gasteiger partial charge in [-0.25, -0.2) is 8.42 Å². The van der Waals surface area contributed by atoms with Crippen molar-refractivity contribution in [3.05, 3.63) is 59.2 Å². The monoisotopic (exact) mass is 531 g/mol. The van der Waals surface area contributed by atoms with Gasteiger partial charge in [-0.2, -0.15) is 0 Å². The van der Waals surface area contributed by atoms with Gasteiger partial charge < -0.3 is 15.0 Å². The Morgan fingerprint density at radius 2 is 1.78 bits per heavy atom. The zero-order valence-electron chi connectivity index (χ0n) is 22.9. The van der Waals surface area contributed by atoms with Crippen LogP contribution in [0.3, 0.4) is 0 Å². The van der Waals surface area contributed by atoms with Crippen LogP contribution in [-0.2, 0) is 26.2 Å². The summed E-state index contributed by atoms with van der Waals surface area (Å²) >= 11 is 0. The Morgan fingerprint density at radius 1 is 1.08 bits per heavy atom. The maximum Gasteiger partial charge on any atom is 0.242 e. The average molecular weight is 532 g/mol. The molecule has 9 heteroatoms. The highest BCUT2D eigenvalue weighted by Gasteiger charge is 2.27. The maximum atomic E-state index is 13.4. The van der Waals surface area contributed by atoms with Crippen LogP contribution in [0.5, 0.6) is 5.75 Å². The van der Waals surface area contributed by atoms with Gasteiger partial charge in [-0.05, 0) is 68.5 Å². The van der Waals surface area contributed by atoms with E-state index in [0.717, 1.165) is 29.5 Å². The zero-order valence-corrected chi connectivity index (χ0v) is 23.7. The molecule has 0 saturated heterocycles. The molecule has 0 aromatic heterocycles. The van der Waals surface area contributed by atoms with Crippen molar-refractivity contribution in [2.75, 3.05) is 30.8 Å². The molecule has 0 bridgehead atoms. The number of nitrogens with one attached hydrogen (secondary N) is 1. The second-order valence-corrected chi connectivity index (χ2v) is 11.3. The van der Waals surface area contributed by atoms with Crippen LogP contribution < -0.4 is 14.4 Å². The van der Waals surface area contributed by atoms with Crippen LogP contribution in [0.1, 0.15) is 56.2 Å². The molecule has 0 heterocycles. The number of hydrogen-bond acceptors (Lipinski definition) is 5. The van der Waals surface area contributed by atoms with E-state index in [1.54, 1.807) is 25.0 Å². The molecular weight excluding hydrogens is 490 g/mol. The Kier molecular flexibility index (Phi) is 11.4. The fourth-order valence-corrected chi connectivity index (χ4v) is 5.09. The smallest absolute Gasteiger partial charge is 0.242 e. The molecule has 2 aromatic carbocycles. The molecule has 204 valence electrons. The van der Waals surface area contributed by atoms with Gasteiger partial charge in [0.1, 0.15) is 11.8 Å². The minimum Gasteiger partial charge on any atom is -0.497 e. The summed E-state index contributed by atoms with van der Waals surface area (Å²) in [6, 6.07) is 12.3. The van der Waals surface area contributed by atoms with Crippen LogP contribution in [0.4, 0.5) is 5.69 Å². The van der Waals surface area contributed by atoms with E-state index in [-0.39, 0.29) is 31.3 Å². The van der Waals surface area contributed by atoms with E-state index in [4.69, 9.17) is 4.74 Å². The van der Waals surface area contributed by atoms with Crippen LogP contribution >= 0.6 is 0 Å². The highest BCUT2D eigenvalue weighted by Crippen LogP contribution is 2.25. The molecule has 0 aliphatic rings. The van der Waals surface area contributed by atoms with E-state index in [2.05, 4.69) is 5.32 Å². The van der Waals surface area contributed by atoms with Gasteiger partial charge in [-0.3, -0.25) is 13.9 Å². The van der Waals surface area contributed by atoms with Crippen molar-refractivity contribution in [3.8, 4) is 5.75 Å². The molecule has 0 spiro atoms. The number of carbonyl (C=O) groups excluding carboxylic acids is 2. The molecule has 0 unspecified atom stereocenters. The first-order valence-electron chi connectivity index (χ1n) is 12.7. The van der Waals surface area contributed by atoms with Crippen molar-refractivity contribution in [1.29, 1.82) is 0 Å². The molecule has 37 heavy (non-hydrogen) atoms. The fraction of sp³-hybridized carbons (Fsp3) is 0.500. The van der Waals surface area contributed by atoms with E-state index in [1.807, 2.05) is 57.2 Å². The minimum atomic E-state index is -3.54. The van der Waals surface area contributed by atoms with Crippen LogP contribution in [0.2, 0.25) is 0 Å². The lowest BCUT2D eigenvalue weighted by Gasteiger charge is -2.30. The Balaban J connectivity index is 2.20. The molecule has 8 nitrogen and oxygen atoms in total. The molecule has 2 aromatic rings. The maximum absolute atomic E-state index is 13.4. The number of rotatable bonds is 14. The summed E-state index contributed by atoms with van der Waals surface area (Å²) in [5.74, 6) is 0.246. The Hall–Kier alpha value is -3.07. The molecule has 0 fully saturated rings. The van der Waals surface area contributed by atoms with Gasteiger partial charge >= 0.3 is 0 Å². The van der Waals surface area contributed by atoms with Crippen molar-refractivity contribution in [3.63, 3.8) is 0 Å². The molecule has 2 rings (SSSR count). The van der Waals surface area contributed by atoms with E-state index >= 15 is 0 Å². The standard InChI is InChI=1S/C28H41N3O5S/c1-7-8-17-29-28(33)23(4)30(20-24-13-10-14-25(19-24)36-5)27(32)16-11-18-31(37(6,34)35)26-15-9-12-21(2)22(26)3/h9-10,12-15,19,23H,7-8,11,16-18,20H2,1-6H3,(H,29,33)/t23-/m1/s1. The second kappa shape index (κ2) is 14.0. The van der Waals surface area contributed by atoms with Gasteiger partial charge in [0, 0.05) is 26.1 Å². The van der Waals surface area contributed by atoms with Gasteiger partial charge in [0.25, 0.3) is 0 Å². The Labute approximate surface area is 222 Å². The molecule has 2 amide bonds. The van der Waals surface area contributed by atoms with Crippen molar-refractivity contribution in [2.45, 2.75) is 66.0 Å². The number of methoxy groups -OCH3 is 1. The number of carbonyl (C=O) groups is 2. The summed E-state index contributed by atoms with van der Waals surface area (Å²) in [6.45, 7) is 8.56. The number of unbranched alkanes of at least 4 members (excludes halogenated alkanes) is 1. The van der Waals surface area contributed by atoms with Crippen molar-refractivity contribution < 1.29 is 22.7 Å². The van der Waals surface area contributed by atoms with Gasteiger partial charge in [0.15, 0.2) is 0 Å². The van der Waals surface area contributed by atoms with Gasteiger partial charge in [-0.15, -0.1) is 0 Å². The van der Waals surface area contributed by atoms with E-state index < -0.39 is 16.1 Å². The van der Waals surface area contributed by atoms with E-state index in [9.17, 15) is 18.0 Å². The average Bonchev–Trinajstić information content (AvgIpc) is 2.86. The summed E-state index contributed by atoms with van der Waals surface area (Å²) in [7, 11) is -1.97. The normalized spacial score (nSPS) is 12.1. The molecule has 0 aliphatic heterocycles. The molecule has 0 aliphatic carbocycles. The number of benzene rings is 2. The zero-order chi connectivity index (χ0) is 27.6. The summed E-state index contributed by atoms with van der Waals surface area (Å²) < 4.78 is 31.9. The highest BCUT2D eigenvalue weighted by atomic mass is 32.2. The van der Waals surface area contributed by atoms with Crippen molar-refractivity contribution >= 4 is 27.5 Å². The topological polar surface area (TPSA) is 96.0 Å². The third-order valence-electron chi connectivity index (χ3n) is 6.48. The highest BCUT2D eigenvalue weighted by molar-refractivity contribution is 7.92. The number of amides is 2. The number of hydrogen-bond donors (Lipinski definition) is 1. The first-order valence-corrected chi connectivity index (χ1v) is 14.6. The molecule has 0 radical (unpaired) electrons. The Bertz CT molecular complexity index is 1170. The Morgan fingerprint density at radius 3 is 2.43 bits per heavy atom. The van der Waals surface area contributed by atoms with Crippen molar-refractivity contribution in [2.24, 2.45) is 0 Å². The molecule has 0 saturated carbocycles. The number of anilines is 1. The fourth-order valence-electron chi connectivity index (χ4n) is 4.07. The van der Waals surface area contributed by atoms with E-state index in [1.165, 1.54) is 10.6 Å². The molecule has 1 atom stereocenters. The molecule has 1 N–H and O–H groups in total. The second-order valence-electron chi connectivity index (χ2n) is 9.35. The van der Waals surface area contributed by atoms with Crippen molar-refractivity contribution in [1.82, 2.24) is 10.2 Å². The summed E-state index contributed by atoms with van der Waals surface area (Å²) in [5.41, 5.74) is 3.34. The molecular formula is C28H41N3O5S. The van der Waals surface area contributed by atoms with Gasteiger partial charge in [0.2, 0.25) is 21.8 Å². The first kappa shape index (κ1) is 30.2. The van der Waals surface area contributed by atoms with Crippen LogP contribution in [-0.4, -0.2) is 57.6 Å². The van der Waals surface area contributed by atoms with Crippen LogP contribution in [0.15, 0.2) is 42.5 Å². The predicted molar refractivity (Wildman–Crippen MR) is 148 cm³/mol. The number of sulfonamides is 1. The lowest BCUT2D eigenvalue weighted by Crippen LogP contribution is -2.48. The lowest BCUT2D eigenvalue weighted by molar-refractivity contribution is -0.140. The first-order chi connectivity index (χ1) is 17.5. The largest absolute Gasteiger partial charge is 0.497 e. The minimum absolute atomic E-state index is 0.105. The number of aryl methyl sites for hydroxylation is 1. The lowest BCUT2D eigenvalue weighted by atomic mass is 10.1. The summed E-state index contributed by atoms with van der Waals surface area (Å²) in [5, 5.41) is 2.91. The third kappa shape index (κ3) is 8.77. The summed E-state index contributed by atoms with van der Waals surface area (Å²) in [4.78, 5) is 27.8. The summed E-state index contributed by atoms with van der Waals surface area (Å²) in [6.07, 6.45) is 3.42. The third-order valence-corrected chi connectivity index (χ3v) is 7.66. The van der Waals surface area contributed by atoms with E-state index in [0.29, 0.717) is 24.4 Å². The van der Waals surface area contributed by atoms with Gasteiger partial charge in [-0.1, -0.05) is 37.6 Å². The predicted octanol–water partition coefficient (Wildman–Crippen LogP) is 4.19. The van der Waals surface area contributed by atoms with Crippen LogP contribution in [0.25, 0.3) is 0 Å². The van der Waals surface area contributed by atoms with Crippen LogP contribution in [0, 0.1) is 13.8 Å². The number of ether oxygens (including phenoxy) is 1. The quantitative estimate of drug-likeness (QED) is 0.369. The van der Waals surface area contributed by atoms with Gasteiger partial charge in [0.05, 0.1) is 19.1 Å².